The van der Waals surface area contributed by atoms with Crippen LogP contribution in [0.3, 0.4) is 0 Å². The number of aryl methyl sites for hydroxylation is 1. The number of hydrogen-bond acceptors (Lipinski definition) is 3. The molecule has 2 aliphatic rings. The van der Waals surface area contributed by atoms with Gasteiger partial charge < -0.3 is 14.7 Å². The molecule has 3 rings (SSSR count). The van der Waals surface area contributed by atoms with Gasteiger partial charge in [-0.15, -0.1) is 0 Å². The van der Waals surface area contributed by atoms with Crippen molar-refractivity contribution in [3.05, 3.63) is 29.3 Å². The minimum Gasteiger partial charge on any atom is -0.368 e. The van der Waals surface area contributed by atoms with Gasteiger partial charge in [-0.2, -0.15) is 0 Å². The molecule has 5 heteroatoms. The fourth-order valence-corrected chi connectivity index (χ4v) is 3.59. The molecular weight excluding hydrogens is 302 g/mol. The van der Waals surface area contributed by atoms with E-state index < -0.39 is 0 Å². The second kappa shape index (κ2) is 7.24. The lowest BCUT2D eigenvalue weighted by molar-refractivity contribution is -0.140. The van der Waals surface area contributed by atoms with Crippen LogP contribution >= 0.6 is 0 Å². The van der Waals surface area contributed by atoms with E-state index in [1.807, 2.05) is 9.80 Å². The summed E-state index contributed by atoms with van der Waals surface area (Å²) in [6.45, 7) is 8.94. The van der Waals surface area contributed by atoms with Gasteiger partial charge in [0.05, 0.1) is 0 Å². The predicted molar refractivity (Wildman–Crippen MR) is 95.1 cm³/mol. The maximum Gasteiger partial charge on any atom is 0.232 e. The molecule has 5 nitrogen and oxygen atoms in total. The van der Waals surface area contributed by atoms with Crippen molar-refractivity contribution in [2.45, 2.75) is 33.1 Å². The number of piperazine rings is 1. The third kappa shape index (κ3) is 3.55. The number of amides is 2. The van der Waals surface area contributed by atoms with E-state index in [2.05, 4.69) is 36.9 Å². The fraction of sp³-hybridized carbons (Fsp3) is 0.579. The first-order valence-corrected chi connectivity index (χ1v) is 8.93. The van der Waals surface area contributed by atoms with Crippen LogP contribution in [0.2, 0.25) is 0 Å². The number of hydrogen-bond donors (Lipinski definition) is 0. The summed E-state index contributed by atoms with van der Waals surface area (Å²) in [6.07, 6.45) is 2.16. The highest BCUT2D eigenvalue weighted by atomic mass is 16.2. The Labute approximate surface area is 144 Å². The quantitative estimate of drug-likeness (QED) is 0.796. The summed E-state index contributed by atoms with van der Waals surface area (Å²) in [5.74, 6) is -0.0260. The van der Waals surface area contributed by atoms with E-state index >= 15 is 0 Å². The number of nitrogens with zero attached hydrogens (tertiary/aromatic N) is 3. The summed E-state index contributed by atoms with van der Waals surface area (Å²) in [7, 11) is 0. The van der Waals surface area contributed by atoms with Crippen molar-refractivity contribution in [3.8, 4) is 0 Å². The monoisotopic (exact) mass is 329 g/mol. The lowest BCUT2D eigenvalue weighted by atomic mass is 10.1. The van der Waals surface area contributed by atoms with Gasteiger partial charge in [0.15, 0.2) is 0 Å². The van der Waals surface area contributed by atoms with Crippen molar-refractivity contribution in [3.63, 3.8) is 0 Å². The molecule has 2 fully saturated rings. The van der Waals surface area contributed by atoms with E-state index in [4.69, 9.17) is 0 Å². The first-order valence-electron chi connectivity index (χ1n) is 8.93. The Morgan fingerprint density at radius 3 is 2.08 bits per heavy atom. The second-order valence-corrected chi connectivity index (χ2v) is 6.85. The van der Waals surface area contributed by atoms with E-state index in [0.29, 0.717) is 13.1 Å². The molecule has 130 valence electrons. The minimum atomic E-state index is -0.0208. The molecule has 0 spiro atoms. The number of carbonyl (C=O) groups excluding carboxylic acids is 2. The number of anilines is 1. The van der Waals surface area contributed by atoms with Crippen LogP contribution in [0.4, 0.5) is 5.69 Å². The van der Waals surface area contributed by atoms with Crippen LogP contribution in [-0.4, -0.2) is 60.9 Å². The molecular formula is C19H27N3O2. The van der Waals surface area contributed by atoms with Crippen molar-refractivity contribution in [2.75, 3.05) is 44.2 Å². The van der Waals surface area contributed by atoms with Crippen LogP contribution in [0.15, 0.2) is 18.2 Å². The maximum absolute atomic E-state index is 12.4. The molecule has 0 aromatic heterocycles. The van der Waals surface area contributed by atoms with Crippen molar-refractivity contribution in [2.24, 2.45) is 0 Å². The average Bonchev–Trinajstić information content (AvgIpc) is 3.12. The van der Waals surface area contributed by atoms with Gasteiger partial charge in [-0.3, -0.25) is 9.59 Å². The predicted octanol–water partition coefficient (Wildman–Crippen LogP) is 1.96. The van der Waals surface area contributed by atoms with E-state index in [-0.39, 0.29) is 18.2 Å². The van der Waals surface area contributed by atoms with Crippen molar-refractivity contribution >= 4 is 17.5 Å². The lowest BCUT2D eigenvalue weighted by Crippen LogP contribution is -2.50. The lowest BCUT2D eigenvalue weighted by Gasteiger charge is -2.37. The van der Waals surface area contributed by atoms with Gasteiger partial charge in [-0.25, -0.2) is 0 Å². The van der Waals surface area contributed by atoms with Crippen LogP contribution < -0.4 is 4.90 Å². The summed E-state index contributed by atoms with van der Waals surface area (Å²) >= 11 is 0. The highest BCUT2D eigenvalue weighted by Gasteiger charge is 2.26. The molecule has 0 radical (unpaired) electrons. The van der Waals surface area contributed by atoms with Gasteiger partial charge in [-0.1, -0.05) is 12.1 Å². The van der Waals surface area contributed by atoms with E-state index in [9.17, 15) is 9.59 Å². The zero-order chi connectivity index (χ0) is 17.1. The van der Waals surface area contributed by atoms with Crippen LogP contribution in [0, 0.1) is 13.8 Å². The van der Waals surface area contributed by atoms with Crippen molar-refractivity contribution in [1.29, 1.82) is 0 Å². The van der Waals surface area contributed by atoms with Crippen LogP contribution in [-0.2, 0) is 9.59 Å². The second-order valence-electron chi connectivity index (χ2n) is 6.85. The van der Waals surface area contributed by atoms with Crippen LogP contribution in [0.25, 0.3) is 0 Å². The molecule has 0 unspecified atom stereocenters. The first kappa shape index (κ1) is 16.8. The largest absolute Gasteiger partial charge is 0.368 e. The number of rotatable bonds is 3. The summed E-state index contributed by atoms with van der Waals surface area (Å²) in [5.41, 5.74) is 3.86. The average molecular weight is 329 g/mol. The Bertz CT molecular complexity index is 615. The maximum atomic E-state index is 12.4. The molecule has 1 aromatic rings. The van der Waals surface area contributed by atoms with E-state index in [0.717, 1.165) is 39.0 Å². The van der Waals surface area contributed by atoms with Gasteiger partial charge >= 0.3 is 0 Å². The SMILES string of the molecule is Cc1cccc(N2CCN(C(=O)CC(=O)N3CCCC3)CC2)c1C. The Kier molecular flexibility index (Phi) is 5.07. The highest BCUT2D eigenvalue weighted by Crippen LogP contribution is 2.24. The number of carbonyl (C=O) groups is 2. The van der Waals surface area contributed by atoms with E-state index in [1.165, 1.54) is 16.8 Å². The summed E-state index contributed by atoms with van der Waals surface area (Å²) in [6, 6.07) is 6.36. The normalized spacial score (nSPS) is 18.2. The Morgan fingerprint density at radius 1 is 0.875 bits per heavy atom. The zero-order valence-corrected chi connectivity index (χ0v) is 14.8. The summed E-state index contributed by atoms with van der Waals surface area (Å²) in [5, 5.41) is 0. The van der Waals surface area contributed by atoms with Crippen molar-refractivity contribution < 1.29 is 9.59 Å². The molecule has 0 N–H and O–H groups in total. The molecule has 0 bridgehead atoms. The van der Waals surface area contributed by atoms with Crippen LogP contribution in [0.1, 0.15) is 30.4 Å². The van der Waals surface area contributed by atoms with Crippen molar-refractivity contribution in [1.82, 2.24) is 9.80 Å². The molecule has 0 atom stereocenters. The first-order chi connectivity index (χ1) is 11.6. The van der Waals surface area contributed by atoms with E-state index in [1.54, 1.807) is 0 Å². The van der Waals surface area contributed by atoms with Gasteiger partial charge in [0, 0.05) is 45.0 Å². The molecule has 2 amide bonds. The number of likely N-dealkylation sites (tertiary alicyclic amines) is 1. The summed E-state index contributed by atoms with van der Waals surface area (Å²) < 4.78 is 0. The molecule has 2 heterocycles. The van der Waals surface area contributed by atoms with Gasteiger partial charge in [-0.05, 0) is 43.9 Å². The smallest absolute Gasteiger partial charge is 0.232 e. The topological polar surface area (TPSA) is 43.9 Å². The Hall–Kier alpha value is -2.04. The zero-order valence-electron chi connectivity index (χ0n) is 14.8. The molecule has 1 aromatic carbocycles. The van der Waals surface area contributed by atoms with Gasteiger partial charge in [0.2, 0.25) is 11.8 Å². The third-order valence-corrected chi connectivity index (χ3v) is 5.31. The summed E-state index contributed by atoms with van der Waals surface area (Å²) in [4.78, 5) is 30.5. The molecule has 0 aliphatic carbocycles. The van der Waals surface area contributed by atoms with Gasteiger partial charge in [0.25, 0.3) is 0 Å². The van der Waals surface area contributed by atoms with Gasteiger partial charge in [0.1, 0.15) is 6.42 Å². The molecule has 0 saturated carbocycles. The Morgan fingerprint density at radius 2 is 1.46 bits per heavy atom. The molecule has 2 saturated heterocycles. The van der Waals surface area contributed by atoms with Crippen LogP contribution in [0.5, 0.6) is 0 Å². The molecule has 2 aliphatic heterocycles. The highest BCUT2D eigenvalue weighted by molar-refractivity contribution is 5.97. The Balaban J connectivity index is 1.53. The third-order valence-electron chi connectivity index (χ3n) is 5.31. The fourth-order valence-electron chi connectivity index (χ4n) is 3.59. The molecule has 24 heavy (non-hydrogen) atoms. The minimum absolute atomic E-state index is 0.00513. The number of benzene rings is 1. The standard InChI is InChI=1S/C19H27N3O2/c1-15-6-5-7-17(16(15)2)20-10-12-22(13-11-20)19(24)14-18(23)21-8-3-4-9-21/h5-7H,3-4,8-14H2,1-2H3.